The summed E-state index contributed by atoms with van der Waals surface area (Å²) in [6.45, 7) is 2.48. The Hall–Kier alpha value is -0.870. The molecule has 13 heavy (non-hydrogen) atoms. The zero-order chi connectivity index (χ0) is 9.26. The highest BCUT2D eigenvalue weighted by molar-refractivity contribution is 5.11. The molecule has 0 aliphatic carbocycles. The van der Waals surface area contributed by atoms with Crippen LogP contribution in [0.4, 0.5) is 0 Å². The first-order chi connectivity index (χ1) is 6.31. The molecule has 72 valence electrons. The van der Waals surface area contributed by atoms with Gasteiger partial charge in [0.25, 0.3) is 0 Å². The number of nitrogens with zero attached hydrogens (tertiary/aromatic N) is 1. The average molecular weight is 182 g/mol. The van der Waals surface area contributed by atoms with Gasteiger partial charge >= 0.3 is 0 Å². The van der Waals surface area contributed by atoms with Crippen molar-refractivity contribution < 1.29 is 9.15 Å². The highest BCUT2D eigenvalue weighted by Gasteiger charge is 2.27. The molecule has 1 aromatic rings. The second-order valence-electron chi connectivity index (χ2n) is 3.38. The minimum Gasteiger partial charge on any atom is -0.445 e. The molecule has 2 N–H and O–H groups in total. The van der Waals surface area contributed by atoms with Gasteiger partial charge in [0.1, 0.15) is 6.10 Å². The SMILES string of the molecule is CC1CCC(c2ocnc2CN)O1. The molecule has 1 saturated heterocycles. The fourth-order valence-corrected chi connectivity index (χ4v) is 1.69. The minimum absolute atomic E-state index is 0.0658. The Morgan fingerprint density at radius 2 is 2.46 bits per heavy atom. The molecule has 0 radical (unpaired) electrons. The van der Waals surface area contributed by atoms with Crippen molar-refractivity contribution in [2.45, 2.75) is 38.5 Å². The molecule has 0 saturated carbocycles. The lowest BCUT2D eigenvalue weighted by molar-refractivity contribution is 0.0418. The van der Waals surface area contributed by atoms with Gasteiger partial charge in [0, 0.05) is 6.54 Å². The molecule has 0 aromatic carbocycles. The third-order valence-corrected chi connectivity index (χ3v) is 2.39. The maximum Gasteiger partial charge on any atom is 0.181 e. The molecule has 1 aliphatic heterocycles. The van der Waals surface area contributed by atoms with E-state index in [-0.39, 0.29) is 6.10 Å². The summed E-state index contributed by atoms with van der Waals surface area (Å²) in [5, 5.41) is 0. The summed E-state index contributed by atoms with van der Waals surface area (Å²) in [7, 11) is 0. The summed E-state index contributed by atoms with van der Waals surface area (Å²) >= 11 is 0. The average Bonchev–Trinajstić information content (AvgIpc) is 2.71. The first-order valence-electron chi connectivity index (χ1n) is 4.59. The Morgan fingerprint density at radius 3 is 3.08 bits per heavy atom. The van der Waals surface area contributed by atoms with Gasteiger partial charge in [-0.15, -0.1) is 0 Å². The smallest absolute Gasteiger partial charge is 0.181 e. The topological polar surface area (TPSA) is 61.3 Å². The first kappa shape index (κ1) is 8.72. The van der Waals surface area contributed by atoms with Crippen LogP contribution in [-0.4, -0.2) is 11.1 Å². The van der Waals surface area contributed by atoms with Crippen LogP contribution < -0.4 is 5.73 Å². The van der Waals surface area contributed by atoms with E-state index in [0.717, 1.165) is 24.3 Å². The van der Waals surface area contributed by atoms with E-state index in [1.807, 2.05) is 0 Å². The summed E-state index contributed by atoms with van der Waals surface area (Å²) in [5.74, 6) is 0.812. The second kappa shape index (κ2) is 3.47. The van der Waals surface area contributed by atoms with Gasteiger partial charge in [-0.25, -0.2) is 4.98 Å². The summed E-state index contributed by atoms with van der Waals surface area (Å²) in [6, 6.07) is 0. The molecule has 2 heterocycles. The Labute approximate surface area is 77.1 Å². The van der Waals surface area contributed by atoms with Crippen LogP contribution in [-0.2, 0) is 11.3 Å². The van der Waals surface area contributed by atoms with Gasteiger partial charge in [-0.3, -0.25) is 0 Å². The maximum absolute atomic E-state index is 5.66. The molecule has 1 aromatic heterocycles. The van der Waals surface area contributed by atoms with Crippen molar-refractivity contribution in [2.75, 3.05) is 0 Å². The van der Waals surface area contributed by atoms with E-state index < -0.39 is 0 Å². The molecule has 2 unspecified atom stereocenters. The number of aromatic nitrogens is 1. The fourth-order valence-electron chi connectivity index (χ4n) is 1.69. The Bertz CT molecular complexity index is 285. The normalized spacial score (nSPS) is 28.2. The molecule has 4 nitrogen and oxygen atoms in total. The van der Waals surface area contributed by atoms with Gasteiger partial charge in [0.15, 0.2) is 12.2 Å². The summed E-state index contributed by atoms with van der Waals surface area (Å²) < 4.78 is 10.9. The summed E-state index contributed by atoms with van der Waals surface area (Å²) in [5.41, 5.74) is 6.34. The molecule has 0 bridgehead atoms. The highest BCUT2D eigenvalue weighted by Crippen LogP contribution is 2.33. The van der Waals surface area contributed by atoms with E-state index in [1.54, 1.807) is 0 Å². The van der Waals surface area contributed by atoms with Gasteiger partial charge < -0.3 is 14.9 Å². The summed E-state index contributed by atoms with van der Waals surface area (Å²) in [4.78, 5) is 4.03. The van der Waals surface area contributed by atoms with Crippen LogP contribution in [0.3, 0.4) is 0 Å². The number of ether oxygens (including phenoxy) is 1. The van der Waals surface area contributed by atoms with Gasteiger partial charge in [-0.1, -0.05) is 0 Å². The highest BCUT2D eigenvalue weighted by atomic mass is 16.5. The standard InChI is InChI=1S/C9H14N2O2/c1-6-2-3-8(13-6)9-7(4-10)11-5-12-9/h5-6,8H,2-4,10H2,1H3. The van der Waals surface area contributed by atoms with Crippen LogP contribution in [0, 0.1) is 0 Å². The van der Waals surface area contributed by atoms with Crippen molar-refractivity contribution in [1.82, 2.24) is 4.98 Å². The molecule has 1 aliphatic rings. The van der Waals surface area contributed by atoms with Gasteiger partial charge in [-0.2, -0.15) is 0 Å². The Kier molecular flexibility index (Phi) is 2.33. The van der Waals surface area contributed by atoms with E-state index in [0.29, 0.717) is 12.6 Å². The molecular formula is C9H14N2O2. The van der Waals surface area contributed by atoms with Crippen molar-refractivity contribution in [3.05, 3.63) is 17.8 Å². The fraction of sp³-hybridized carbons (Fsp3) is 0.667. The third kappa shape index (κ3) is 1.59. The molecule has 0 spiro atoms. The van der Waals surface area contributed by atoms with Crippen molar-refractivity contribution in [3.8, 4) is 0 Å². The van der Waals surface area contributed by atoms with E-state index in [9.17, 15) is 0 Å². The van der Waals surface area contributed by atoms with Gasteiger partial charge in [0.2, 0.25) is 0 Å². The number of oxazole rings is 1. The summed E-state index contributed by atoms with van der Waals surface area (Å²) in [6.07, 6.45) is 3.90. The predicted molar refractivity (Wildman–Crippen MR) is 46.9 cm³/mol. The zero-order valence-corrected chi connectivity index (χ0v) is 7.69. The van der Waals surface area contributed by atoms with E-state index >= 15 is 0 Å². The van der Waals surface area contributed by atoms with Crippen LogP contribution in [0.2, 0.25) is 0 Å². The van der Waals surface area contributed by atoms with E-state index in [2.05, 4.69) is 11.9 Å². The number of hydrogen-bond acceptors (Lipinski definition) is 4. The van der Waals surface area contributed by atoms with Crippen molar-refractivity contribution in [1.29, 1.82) is 0 Å². The number of rotatable bonds is 2. The second-order valence-corrected chi connectivity index (χ2v) is 3.38. The van der Waals surface area contributed by atoms with Gasteiger partial charge in [0.05, 0.1) is 11.8 Å². The van der Waals surface area contributed by atoms with Crippen LogP contribution >= 0.6 is 0 Å². The lowest BCUT2D eigenvalue weighted by Crippen LogP contribution is -2.05. The maximum atomic E-state index is 5.66. The van der Waals surface area contributed by atoms with Crippen molar-refractivity contribution in [3.63, 3.8) is 0 Å². The zero-order valence-electron chi connectivity index (χ0n) is 7.69. The first-order valence-corrected chi connectivity index (χ1v) is 4.59. The molecular weight excluding hydrogens is 168 g/mol. The van der Waals surface area contributed by atoms with Crippen LogP contribution in [0.15, 0.2) is 10.8 Å². The molecule has 2 atom stereocenters. The van der Waals surface area contributed by atoms with Gasteiger partial charge in [-0.05, 0) is 19.8 Å². The van der Waals surface area contributed by atoms with Crippen molar-refractivity contribution >= 4 is 0 Å². The lowest BCUT2D eigenvalue weighted by Gasteiger charge is -2.08. The predicted octanol–water partition coefficient (Wildman–Crippen LogP) is 1.37. The Morgan fingerprint density at radius 1 is 1.62 bits per heavy atom. The minimum atomic E-state index is 0.0658. The van der Waals surface area contributed by atoms with Crippen LogP contribution in [0.5, 0.6) is 0 Å². The monoisotopic (exact) mass is 182 g/mol. The quantitative estimate of drug-likeness (QED) is 0.750. The lowest BCUT2D eigenvalue weighted by atomic mass is 10.1. The van der Waals surface area contributed by atoms with Crippen LogP contribution in [0.25, 0.3) is 0 Å². The molecule has 2 rings (SSSR count). The number of hydrogen-bond donors (Lipinski definition) is 1. The van der Waals surface area contributed by atoms with E-state index in [4.69, 9.17) is 14.9 Å². The largest absolute Gasteiger partial charge is 0.445 e. The van der Waals surface area contributed by atoms with Crippen molar-refractivity contribution in [2.24, 2.45) is 5.73 Å². The van der Waals surface area contributed by atoms with E-state index in [1.165, 1.54) is 6.39 Å². The Balaban J connectivity index is 2.16. The molecule has 0 amide bonds. The molecule has 4 heteroatoms. The molecule has 1 fully saturated rings. The number of nitrogens with two attached hydrogens (primary N) is 1. The van der Waals surface area contributed by atoms with Crippen LogP contribution in [0.1, 0.15) is 37.3 Å². The third-order valence-electron chi connectivity index (χ3n) is 2.39.